The van der Waals surface area contributed by atoms with Gasteiger partial charge in [0, 0.05) is 5.56 Å². The Bertz CT molecular complexity index is 1710. The third-order valence-electron chi connectivity index (χ3n) is 6.73. The fraction of sp³-hybridized carbons (Fsp3) is 0.233. The summed E-state index contributed by atoms with van der Waals surface area (Å²) in [5.74, 6) is -0.405. The van der Waals surface area contributed by atoms with E-state index in [1.165, 1.54) is 22.3 Å². The number of Topliss-reactive ketones (excluding diaryl/α,β-unsaturated/α-hetero) is 1. The molecule has 1 saturated heterocycles. The Balaban J connectivity index is 1.53. The highest BCUT2D eigenvalue weighted by Crippen LogP contribution is 2.46. The van der Waals surface area contributed by atoms with Crippen LogP contribution in [-0.4, -0.2) is 53.3 Å². The van der Waals surface area contributed by atoms with Gasteiger partial charge in [0.2, 0.25) is 0 Å². The lowest BCUT2D eigenvalue weighted by Crippen LogP contribution is -2.29. The van der Waals surface area contributed by atoms with Crippen molar-refractivity contribution in [1.82, 2.24) is 4.98 Å². The molecule has 6 rings (SSSR count). The number of anilines is 1. The van der Waals surface area contributed by atoms with Gasteiger partial charge in [0.25, 0.3) is 5.78 Å². The Labute approximate surface area is 239 Å². The second-order valence-electron chi connectivity index (χ2n) is 9.25. The van der Waals surface area contributed by atoms with Crippen molar-refractivity contribution in [3.63, 3.8) is 0 Å². The van der Waals surface area contributed by atoms with Gasteiger partial charge in [0.15, 0.2) is 28.1 Å². The van der Waals surface area contributed by atoms with Crippen molar-refractivity contribution in [1.29, 1.82) is 0 Å². The van der Waals surface area contributed by atoms with Gasteiger partial charge in [-0.3, -0.25) is 14.5 Å². The number of aliphatic hydroxyl groups is 1. The highest BCUT2D eigenvalue weighted by Gasteiger charge is 2.48. The number of hydrogen-bond acceptors (Lipinski definition) is 10. The van der Waals surface area contributed by atoms with E-state index >= 15 is 0 Å². The van der Waals surface area contributed by atoms with Crippen LogP contribution in [0.25, 0.3) is 16.0 Å². The van der Waals surface area contributed by atoms with Gasteiger partial charge in [0.1, 0.15) is 24.7 Å². The minimum Gasteiger partial charge on any atom is -0.507 e. The van der Waals surface area contributed by atoms with Gasteiger partial charge in [0.05, 0.1) is 35.0 Å². The first-order chi connectivity index (χ1) is 19.9. The smallest absolute Gasteiger partial charge is 0.301 e. The van der Waals surface area contributed by atoms with E-state index in [2.05, 4.69) is 4.98 Å². The number of aromatic nitrogens is 1. The molecule has 11 heteroatoms. The number of aliphatic hydroxyl groups excluding tert-OH is 1. The molecule has 4 aromatic rings. The first kappa shape index (κ1) is 26.5. The lowest BCUT2D eigenvalue weighted by Gasteiger charge is -2.24. The number of phenolic OH excluding ortho intramolecular Hbond substituents is 1. The first-order valence-electron chi connectivity index (χ1n) is 13.1. The molecular weight excluding hydrogens is 548 g/mol. The van der Waals surface area contributed by atoms with Gasteiger partial charge in [-0.25, -0.2) is 4.98 Å². The summed E-state index contributed by atoms with van der Waals surface area (Å²) in [7, 11) is 0. The van der Waals surface area contributed by atoms with Gasteiger partial charge >= 0.3 is 5.91 Å². The summed E-state index contributed by atoms with van der Waals surface area (Å²) in [4.78, 5) is 33.2. The molecule has 1 fully saturated rings. The molecule has 0 spiro atoms. The molecule has 0 saturated carbocycles. The second-order valence-corrected chi connectivity index (χ2v) is 10.3. The summed E-state index contributed by atoms with van der Waals surface area (Å²) in [6.45, 7) is 5.19. The maximum absolute atomic E-state index is 13.6. The van der Waals surface area contributed by atoms with Gasteiger partial charge in [-0.15, -0.1) is 0 Å². The average Bonchev–Trinajstić information content (AvgIpc) is 3.51. The number of amides is 1. The number of phenols is 1. The largest absolute Gasteiger partial charge is 0.507 e. The molecule has 3 heterocycles. The molecule has 2 aliphatic heterocycles. The Kier molecular flexibility index (Phi) is 6.88. The summed E-state index contributed by atoms with van der Waals surface area (Å²) in [6.07, 6.45) is 0. The fourth-order valence-electron chi connectivity index (χ4n) is 4.92. The maximum atomic E-state index is 13.6. The highest BCUT2D eigenvalue weighted by atomic mass is 32.1. The standard InChI is InChI=1S/C30H26N2O8S/c1-3-37-18-7-8-19-24(15-18)41-30(31-19)32-26(16-5-9-20(33)22(13-16)38-4-2)25(28(35)29(32)36)27(34)17-6-10-21-23(14-17)40-12-11-39-21/h5-10,13-15,26,33-34H,3-4,11-12H2,1-2H3/t26-/m1/s1. The van der Waals surface area contributed by atoms with Crippen LogP contribution in [-0.2, 0) is 9.59 Å². The molecule has 41 heavy (non-hydrogen) atoms. The zero-order valence-electron chi connectivity index (χ0n) is 22.2. The van der Waals surface area contributed by atoms with Crippen LogP contribution in [0.5, 0.6) is 28.7 Å². The van der Waals surface area contributed by atoms with Crippen molar-refractivity contribution >= 4 is 44.1 Å². The number of thiazole rings is 1. The Morgan fingerprint density at radius 3 is 2.56 bits per heavy atom. The van der Waals surface area contributed by atoms with Crippen molar-refractivity contribution < 1.29 is 38.7 Å². The van der Waals surface area contributed by atoms with Crippen LogP contribution in [0.1, 0.15) is 31.0 Å². The van der Waals surface area contributed by atoms with Crippen LogP contribution in [0.4, 0.5) is 5.13 Å². The molecule has 0 aliphatic carbocycles. The molecule has 1 aromatic heterocycles. The number of aromatic hydroxyl groups is 1. The maximum Gasteiger partial charge on any atom is 0.301 e. The van der Waals surface area contributed by atoms with E-state index in [0.29, 0.717) is 48.1 Å². The summed E-state index contributed by atoms with van der Waals surface area (Å²) in [5, 5.41) is 22.2. The molecule has 210 valence electrons. The Morgan fingerprint density at radius 1 is 1.00 bits per heavy atom. The summed E-state index contributed by atoms with van der Waals surface area (Å²) >= 11 is 1.22. The van der Waals surface area contributed by atoms with E-state index in [0.717, 1.165) is 4.70 Å². The quantitative estimate of drug-likeness (QED) is 0.174. The minimum atomic E-state index is -1.06. The average molecular weight is 575 g/mol. The molecule has 2 N–H and O–H groups in total. The lowest BCUT2D eigenvalue weighted by molar-refractivity contribution is -0.132. The number of nitrogens with zero attached hydrogens (tertiary/aromatic N) is 2. The molecule has 10 nitrogen and oxygen atoms in total. The monoisotopic (exact) mass is 574 g/mol. The van der Waals surface area contributed by atoms with Crippen molar-refractivity contribution in [3.8, 4) is 28.7 Å². The van der Waals surface area contributed by atoms with Crippen LogP contribution >= 0.6 is 11.3 Å². The van der Waals surface area contributed by atoms with Crippen LogP contribution in [0, 0.1) is 0 Å². The number of rotatable bonds is 7. The molecule has 0 bridgehead atoms. The highest BCUT2D eigenvalue weighted by molar-refractivity contribution is 7.22. The molecule has 1 amide bonds. The Morgan fingerprint density at radius 2 is 1.78 bits per heavy atom. The zero-order valence-corrected chi connectivity index (χ0v) is 23.1. The fourth-order valence-corrected chi connectivity index (χ4v) is 5.94. The second kappa shape index (κ2) is 10.7. The number of fused-ring (bicyclic) bond motifs is 2. The summed E-state index contributed by atoms with van der Waals surface area (Å²) in [5.41, 5.74) is 1.22. The van der Waals surface area contributed by atoms with E-state index in [9.17, 15) is 19.8 Å². The van der Waals surface area contributed by atoms with Gasteiger partial charge in [-0.2, -0.15) is 0 Å². The minimum absolute atomic E-state index is 0.0946. The van der Waals surface area contributed by atoms with Crippen molar-refractivity contribution in [2.75, 3.05) is 31.3 Å². The molecule has 0 unspecified atom stereocenters. The number of ether oxygens (including phenoxy) is 4. The molecule has 3 aromatic carbocycles. The predicted molar refractivity (Wildman–Crippen MR) is 152 cm³/mol. The Hall–Kier alpha value is -4.77. The SMILES string of the molecule is CCOc1ccc2nc(N3C(=O)C(=O)C(=C(O)c4ccc5c(c4)OCCO5)[C@H]3c3ccc(O)c(OCC)c3)sc2c1. The molecule has 2 aliphatic rings. The molecule has 0 radical (unpaired) electrons. The van der Waals surface area contributed by atoms with E-state index in [1.54, 1.807) is 49.4 Å². The molecule has 1 atom stereocenters. The topological polar surface area (TPSA) is 128 Å². The summed E-state index contributed by atoms with van der Waals surface area (Å²) < 4.78 is 23.2. The third-order valence-corrected chi connectivity index (χ3v) is 7.74. The third kappa shape index (κ3) is 4.67. The number of carbonyl (C=O) groups is 2. The zero-order chi connectivity index (χ0) is 28.7. The van der Waals surface area contributed by atoms with Crippen LogP contribution in [0.2, 0.25) is 0 Å². The van der Waals surface area contributed by atoms with E-state index in [4.69, 9.17) is 18.9 Å². The van der Waals surface area contributed by atoms with E-state index in [1.807, 2.05) is 13.0 Å². The van der Waals surface area contributed by atoms with Crippen LogP contribution in [0.15, 0.2) is 60.2 Å². The van der Waals surface area contributed by atoms with Crippen molar-refractivity contribution in [2.45, 2.75) is 19.9 Å². The van der Waals surface area contributed by atoms with E-state index in [-0.39, 0.29) is 40.1 Å². The van der Waals surface area contributed by atoms with Gasteiger partial charge < -0.3 is 29.2 Å². The van der Waals surface area contributed by atoms with Crippen LogP contribution < -0.4 is 23.8 Å². The number of carbonyl (C=O) groups excluding carboxylic acids is 2. The van der Waals surface area contributed by atoms with Gasteiger partial charge in [-0.1, -0.05) is 17.4 Å². The number of hydrogen-bond donors (Lipinski definition) is 2. The predicted octanol–water partition coefficient (Wildman–Crippen LogP) is 5.20. The van der Waals surface area contributed by atoms with Crippen molar-refractivity contribution in [3.05, 3.63) is 71.3 Å². The first-order valence-corrected chi connectivity index (χ1v) is 13.9. The lowest BCUT2D eigenvalue weighted by atomic mass is 9.95. The van der Waals surface area contributed by atoms with Crippen LogP contribution in [0.3, 0.4) is 0 Å². The van der Waals surface area contributed by atoms with Crippen molar-refractivity contribution in [2.24, 2.45) is 0 Å². The van der Waals surface area contributed by atoms with E-state index < -0.39 is 17.7 Å². The number of ketones is 1. The number of benzene rings is 3. The normalized spacial score (nSPS) is 17.7. The summed E-state index contributed by atoms with van der Waals surface area (Å²) in [6, 6.07) is 13.7. The van der Waals surface area contributed by atoms with Gasteiger partial charge in [-0.05, 0) is 67.9 Å². The molecular formula is C30H26N2O8S.